The molecular formula is C13H22FN3O5. The van der Waals surface area contributed by atoms with E-state index in [1.807, 2.05) is 0 Å². The Bertz CT molecular complexity index is 442. The highest BCUT2D eigenvalue weighted by Crippen LogP contribution is 2.26. The molecule has 0 spiro atoms. The van der Waals surface area contributed by atoms with Crippen LogP contribution in [-0.4, -0.2) is 70.9 Å². The fourth-order valence-electron chi connectivity index (χ4n) is 2.62. The predicted octanol–water partition coefficient (Wildman–Crippen LogP) is 0.609. The van der Waals surface area contributed by atoms with Gasteiger partial charge in [-0.3, -0.25) is 4.90 Å². The highest BCUT2D eigenvalue weighted by atomic mass is 19.2. The van der Waals surface area contributed by atoms with Crippen LogP contribution in [-0.2, 0) is 9.47 Å². The minimum absolute atomic E-state index is 0.0171. The smallest absolute Gasteiger partial charge is 0.440 e. The summed E-state index contributed by atoms with van der Waals surface area (Å²) in [5.74, 6) is 0. The summed E-state index contributed by atoms with van der Waals surface area (Å²) in [4.78, 5) is 24.6. The van der Waals surface area contributed by atoms with Crippen molar-refractivity contribution >= 4 is 12.2 Å². The Labute approximate surface area is 128 Å². The van der Waals surface area contributed by atoms with E-state index >= 15 is 0 Å². The fourth-order valence-corrected chi connectivity index (χ4v) is 2.62. The van der Waals surface area contributed by atoms with Crippen LogP contribution in [0.2, 0.25) is 0 Å². The average Bonchev–Trinajstić information content (AvgIpc) is 2.93. The van der Waals surface area contributed by atoms with Gasteiger partial charge in [-0.25, -0.2) is 9.59 Å². The molecule has 0 aromatic heterocycles. The van der Waals surface area contributed by atoms with E-state index in [2.05, 4.69) is 5.32 Å². The molecule has 2 N–H and O–H groups in total. The zero-order valence-electron chi connectivity index (χ0n) is 12.9. The van der Waals surface area contributed by atoms with Gasteiger partial charge in [-0.05, 0) is 27.2 Å². The largest absolute Gasteiger partial charge is 0.444 e. The normalized spacial score (nSPS) is 29.6. The van der Waals surface area contributed by atoms with Crippen LogP contribution in [0.25, 0.3) is 0 Å². The number of aliphatic hydroxyl groups excluding tert-OH is 1. The number of hydrogen-bond donors (Lipinski definition) is 2. The summed E-state index contributed by atoms with van der Waals surface area (Å²) in [5, 5.41) is 11.9. The number of likely N-dealkylation sites (tertiary alicyclic amines) is 1. The molecule has 2 amide bonds. The third kappa shape index (κ3) is 3.77. The Morgan fingerprint density at radius 3 is 2.82 bits per heavy atom. The first-order valence-electron chi connectivity index (χ1n) is 7.21. The molecule has 8 nitrogen and oxygen atoms in total. The van der Waals surface area contributed by atoms with Gasteiger partial charge in [0.2, 0.25) is 0 Å². The van der Waals surface area contributed by atoms with Gasteiger partial charge in [0.15, 0.2) is 12.3 Å². The number of halogens is 1. The lowest BCUT2D eigenvalue weighted by Gasteiger charge is -2.27. The number of alkyl carbamates (subject to hydrolysis) is 1. The Morgan fingerprint density at radius 1 is 1.55 bits per heavy atom. The van der Waals surface area contributed by atoms with Gasteiger partial charge in [-0.2, -0.15) is 0 Å². The molecule has 2 fully saturated rings. The number of nitrogens with one attached hydrogen (secondary N) is 1. The van der Waals surface area contributed by atoms with Gasteiger partial charge < -0.3 is 19.9 Å². The lowest BCUT2D eigenvalue weighted by Crippen LogP contribution is -2.49. The van der Waals surface area contributed by atoms with E-state index < -0.39 is 36.7 Å². The Kier molecular flexibility index (Phi) is 4.76. The molecule has 2 aliphatic heterocycles. The monoisotopic (exact) mass is 319 g/mol. The molecule has 2 heterocycles. The number of nitrogens with zero attached hydrogens (tertiary/aromatic N) is 2. The number of ether oxygens (including phenoxy) is 2. The summed E-state index contributed by atoms with van der Waals surface area (Å²) in [6.07, 6.45) is -2.95. The topological polar surface area (TPSA) is 91.3 Å². The van der Waals surface area contributed by atoms with Crippen molar-refractivity contribution in [3.8, 4) is 0 Å². The van der Waals surface area contributed by atoms with Crippen molar-refractivity contribution in [3.63, 3.8) is 0 Å². The summed E-state index contributed by atoms with van der Waals surface area (Å²) in [7, 11) is 0. The highest BCUT2D eigenvalue weighted by Gasteiger charge is 2.47. The molecule has 2 aliphatic rings. The van der Waals surface area contributed by atoms with Gasteiger partial charge in [0.05, 0.1) is 6.61 Å². The quantitative estimate of drug-likeness (QED) is 0.741. The maximum absolute atomic E-state index is 13.8. The summed E-state index contributed by atoms with van der Waals surface area (Å²) in [5.41, 5.74) is -0.591. The first-order chi connectivity index (χ1) is 10.2. The minimum atomic E-state index is -1.10. The maximum Gasteiger partial charge on any atom is 0.440 e. The minimum Gasteiger partial charge on any atom is -0.444 e. The van der Waals surface area contributed by atoms with Gasteiger partial charge >= 0.3 is 12.2 Å². The SMILES string of the molecule is CC(C)(C)OC(=O)N[C@H]1CCN(C2[C@H](CO)OC(=O)N2F)C1. The second kappa shape index (κ2) is 6.25. The molecule has 1 unspecified atom stereocenters. The molecule has 2 saturated heterocycles. The molecular weight excluding hydrogens is 297 g/mol. The van der Waals surface area contributed by atoms with Crippen LogP contribution in [0.1, 0.15) is 27.2 Å². The molecule has 9 heteroatoms. The van der Waals surface area contributed by atoms with Crippen molar-refractivity contribution < 1.29 is 28.7 Å². The number of rotatable bonds is 3. The second-order valence-corrected chi connectivity index (χ2v) is 6.46. The van der Waals surface area contributed by atoms with Crippen LogP contribution in [0.3, 0.4) is 0 Å². The van der Waals surface area contributed by atoms with Crippen molar-refractivity contribution in [2.45, 2.75) is 51.1 Å². The maximum atomic E-state index is 13.8. The van der Waals surface area contributed by atoms with Crippen LogP contribution < -0.4 is 5.32 Å². The van der Waals surface area contributed by atoms with E-state index in [0.29, 0.717) is 19.5 Å². The van der Waals surface area contributed by atoms with Gasteiger partial charge in [-0.15, -0.1) is 5.12 Å². The highest BCUT2D eigenvalue weighted by molar-refractivity contribution is 5.69. The zero-order valence-corrected chi connectivity index (χ0v) is 12.9. The van der Waals surface area contributed by atoms with Crippen molar-refractivity contribution in [1.29, 1.82) is 0 Å². The molecule has 0 aromatic carbocycles. The number of aliphatic hydroxyl groups is 1. The molecule has 22 heavy (non-hydrogen) atoms. The van der Waals surface area contributed by atoms with E-state index in [1.165, 1.54) is 0 Å². The first kappa shape index (κ1) is 16.8. The molecule has 3 atom stereocenters. The third-order valence-corrected chi connectivity index (χ3v) is 3.49. The van der Waals surface area contributed by atoms with Crippen LogP contribution in [0, 0.1) is 0 Å². The number of carbonyl (C=O) groups is 2. The molecule has 0 radical (unpaired) electrons. The molecule has 2 rings (SSSR count). The Balaban J connectivity index is 1.90. The zero-order chi connectivity index (χ0) is 16.5. The van der Waals surface area contributed by atoms with E-state index in [1.54, 1.807) is 25.7 Å². The van der Waals surface area contributed by atoms with E-state index in [-0.39, 0.29) is 11.2 Å². The number of hydrogen-bond acceptors (Lipinski definition) is 6. The average molecular weight is 319 g/mol. The third-order valence-electron chi connectivity index (χ3n) is 3.49. The van der Waals surface area contributed by atoms with Crippen LogP contribution in [0.5, 0.6) is 0 Å². The molecule has 0 aliphatic carbocycles. The number of amides is 2. The van der Waals surface area contributed by atoms with Crippen molar-refractivity contribution in [1.82, 2.24) is 15.3 Å². The molecule has 0 aromatic rings. The van der Waals surface area contributed by atoms with Crippen molar-refractivity contribution in [3.05, 3.63) is 0 Å². The van der Waals surface area contributed by atoms with Crippen LogP contribution in [0.15, 0.2) is 0 Å². The Morgan fingerprint density at radius 2 is 2.23 bits per heavy atom. The molecule has 0 saturated carbocycles. The summed E-state index contributed by atoms with van der Waals surface area (Å²) >= 11 is 0. The van der Waals surface area contributed by atoms with Gasteiger partial charge in [-0.1, -0.05) is 4.48 Å². The van der Waals surface area contributed by atoms with Crippen molar-refractivity contribution in [2.24, 2.45) is 0 Å². The molecule has 126 valence electrons. The van der Waals surface area contributed by atoms with Crippen LogP contribution in [0.4, 0.5) is 14.1 Å². The lowest BCUT2D eigenvalue weighted by molar-refractivity contribution is -0.0389. The van der Waals surface area contributed by atoms with E-state index in [9.17, 15) is 19.2 Å². The summed E-state index contributed by atoms with van der Waals surface area (Å²) < 4.78 is 23.7. The number of carbonyl (C=O) groups excluding carboxylic acids is 2. The van der Waals surface area contributed by atoms with Crippen molar-refractivity contribution in [2.75, 3.05) is 19.7 Å². The summed E-state index contributed by atoms with van der Waals surface area (Å²) in [6.45, 7) is 5.65. The van der Waals surface area contributed by atoms with Crippen LogP contribution >= 0.6 is 0 Å². The first-order valence-corrected chi connectivity index (χ1v) is 7.21. The predicted molar refractivity (Wildman–Crippen MR) is 73.4 cm³/mol. The van der Waals surface area contributed by atoms with Gasteiger partial charge in [0, 0.05) is 19.1 Å². The standard InChI is InChI=1S/C13H22FN3O5/c1-13(2,3)22-11(19)15-8-4-5-16(6-8)10-9(7-18)21-12(20)17(10)14/h8-10,18H,4-7H2,1-3H3,(H,15,19)/t8-,9-,10?/m0/s1. The van der Waals surface area contributed by atoms with E-state index in [4.69, 9.17) is 9.47 Å². The number of cyclic esters (lactones) is 1. The second-order valence-electron chi connectivity index (χ2n) is 6.46. The Hall–Kier alpha value is -1.61. The lowest BCUT2D eigenvalue weighted by atomic mass is 10.2. The van der Waals surface area contributed by atoms with E-state index in [0.717, 1.165) is 0 Å². The summed E-state index contributed by atoms with van der Waals surface area (Å²) in [6, 6.07) is -0.210. The van der Waals surface area contributed by atoms with Gasteiger partial charge in [0.1, 0.15) is 5.60 Å². The molecule has 0 bridgehead atoms. The van der Waals surface area contributed by atoms with Gasteiger partial charge in [0.25, 0.3) is 0 Å². The fraction of sp³-hybridized carbons (Fsp3) is 0.846.